The third kappa shape index (κ3) is 3.68. The molecule has 54 heavy (non-hydrogen) atoms. The van der Waals surface area contributed by atoms with Gasteiger partial charge in [0.25, 0.3) is 0 Å². The van der Waals surface area contributed by atoms with Crippen molar-refractivity contribution in [3.63, 3.8) is 0 Å². The molecule has 2 aliphatic rings. The van der Waals surface area contributed by atoms with Crippen molar-refractivity contribution in [3.05, 3.63) is 157 Å². The van der Waals surface area contributed by atoms with Crippen molar-refractivity contribution in [2.45, 2.75) is 0 Å². The zero-order valence-electron chi connectivity index (χ0n) is 28.6. The zero-order valence-corrected chi connectivity index (χ0v) is 28.6. The molecule has 0 unspecified atom stereocenters. The highest BCUT2D eigenvalue weighted by molar-refractivity contribution is 6.31. The van der Waals surface area contributed by atoms with Crippen LogP contribution < -0.4 is 9.47 Å². The first-order valence-electron chi connectivity index (χ1n) is 18.0. The van der Waals surface area contributed by atoms with Gasteiger partial charge in [-0.25, -0.2) is 0 Å². The number of hydrogen-bond donors (Lipinski definition) is 0. The third-order valence-corrected chi connectivity index (χ3v) is 11.5. The summed E-state index contributed by atoms with van der Waals surface area (Å²) in [6, 6.07) is 54.9. The summed E-state index contributed by atoms with van der Waals surface area (Å²) in [4.78, 5) is 0. The van der Waals surface area contributed by atoms with Crippen LogP contribution in [0.5, 0.6) is 23.0 Å². The van der Waals surface area contributed by atoms with Crippen LogP contribution in [0.1, 0.15) is 11.1 Å². The fourth-order valence-electron chi connectivity index (χ4n) is 9.25. The topological polar surface area (TPSA) is 66.0 Å². The molecule has 10 aromatic carbocycles. The standard InChI is InChI=1S/C50H24N2O2/c51-25-27-23-41(31-19-21-45-47-35(31)9-5-11-37(47)33-7-1-3-13-43(33)53-45)39-17-15-30-28(26-52)24-42(40-18-16-29(27)49(39)50(30)40)32-20-22-46-48-36(32)10-6-12-38(48)34-8-2-4-14-44(34)54-46/h1-24H. The van der Waals surface area contributed by atoms with Gasteiger partial charge in [0.15, 0.2) is 0 Å². The number of nitriles is 2. The Morgan fingerprint density at radius 2 is 0.704 bits per heavy atom. The van der Waals surface area contributed by atoms with Gasteiger partial charge in [-0.05, 0) is 102 Å². The third-order valence-electron chi connectivity index (χ3n) is 11.5. The normalized spacial score (nSPS) is 12.3. The van der Waals surface area contributed by atoms with Crippen LogP contribution in [0.15, 0.2) is 146 Å². The Morgan fingerprint density at radius 3 is 1.17 bits per heavy atom. The minimum Gasteiger partial charge on any atom is -0.456 e. The number of rotatable bonds is 2. The maximum absolute atomic E-state index is 10.7. The highest BCUT2D eigenvalue weighted by atomic mass is 16.5. The summed E-state index contributed by atoms with van der Waals surface area (Å²) in [7, 11) is 0. The van der Waals surface area contributed by atoms with E-state index in [4.69, 9.17) is 9.47 Å². The number of nitrogens with zero attached hydrogens (tertiary/aromatic N) is 2. The van der Waals surface area contributed by atoms with Crippen molar-refractivity contribution >= 4 is 53.9 Å². The molecule has 0 spiro atoms. The van der Waals surface area contributed by atoms with E-state index < -0.39 is 0 Å². The molecule has 10 aromatic rings. The first-order valence-corrected chi connectivity index (χ1v) is 18.0. The lowest BCUT2D eigenvalue weighted by molar-refractivity contribution is 0.487. The molecule has 4 nitrogen and oxygen atoms in total. The van der Waals surface area contributed by atoms with Gasteiger partial charge in [0.2, 0.25) is 0 Å². The summed E-state index contributed by atoms with van der Waals surface area (Å²) in [6.45, 7) is 0. The van der Waals surface area contributed by atoms with Crippen molar-refractivity contribution in [2.24, 2.45) is 0 Å². The van der Waals surface area contributed by atoms with Crippen molar-refractivity contribution in [1.82, 2.24) is 0 Å². The van der Waals surface area contributed by atoms with E-state index in [1.165, 1.54) is 0 Å². The average molecular weight is 685 g/mol. The number of ether oxygens (including phenoxy) is 2. The van der Waals surface area contributed by atoms with E-state index in [1.54, 1.807) is 0 Å². The largest absolute Gasteiger partial charge is 0.456 e. The minimum atomic E-state index is 0.593. The second-order valence-electron chi connectivity index (χ2n) is 14.1. The van der Waals surface area contributed by atoms with Crippen LogP contribution in [0, 0.1) is 22.7 Å². The molecule has 0 radical (unpaired) electrons. The molecule has 0 amide bonds. The summed E-state index contributed by atoms with van der Waals surface area (Å²) in [5.74, 6) is 3.33. The number of fused-ring (bicyclic) bond motifs is 4. The molecule has 0 bridgehead atoms. The molecule has 0 N–H and O–H groups in total. The Morgan fingerprint density at radius 1 is 0.296 bits per heavy atom. The van der Waals surface area contributed by atoms with Gasteiger partial charge in [-0.15, -0.1) is 0 Å². The zero-order chi connectivity index (χ0) is 35.7. The van der Waals surface area contributed by atoms with Crippen LogP contribution in [0.25, 0.3) is 98.4 Å². The Labute approximate surface area is 309 Å². The average Bonchev–Trinajstić information content (AvgIpc) is 3.23. The van der Waals surface area contributed by atoms with Gasteiger partial charge in [-0.3, -0.25) is 0 Å². The van der Waals surface area contributed by atoms with Crippen molar-refractivity contribution in [2.75, 3.05) is 0 Å². The maximum Gasteiger partial charge on any atom is 0.135 e. The van der Waals surface area contributed by atoms with Crippen LogP contribution in [0.3, 0.4) is 0 Å². The summed E-state index contributed by atoms with van der Waals surface area (Å²) in [6.07, 6.45) is 0. The molecule has 246 valence electrons. The molecule has 2 aliphatic heterocycles. The quantitative estimate of drug-likeness (QED) is 0.170. The minimum absolute atomic E-state index is 0.593. The fourth-order valence-corrected chi connectivity index (χ4v) is 9.25. The molecular weight excluding hydrogens is 661 g/mol. The highest BCUT2D eigenvalue weighted by Crippen LogP contribution is 2.53. The van der Waals surface area contributed by atoms with Gasteiger partial charge in [0.1, 0.15) is 23.0 Å². The molecule has 0 aromatic heterocycles. The first kappa shape index (κ1) is 29.0. The van der Waals surface area contributed by atoms with Gasteiger partial charge in [-0.2, -0.15) is 10.5 Å². The lowest BCUT2D eigenvalue weighted by Crippen LogP contribution is -1.99. The Balaban J connectivity index is 1.17. The summed E-state index contributed by atoms with van der Waals surface area (Å²) in [5, 5.41) is 31.3. The molecule has 0 atom stereocenters. The number of para-hydroxylation sites is 2. The van der Waals surface area contributed by atoms with Crippen molar-refractivity contribution in [3.8, 4) is 79.6 Å². The van der Waals surface area contributed by atoms with Gasteiger partial charge in [-0.1, -0.05) is 109 Å². The van der Waals surface area contributed by atoms with E-state index in [2.05, 4.69) is 97.1 Å². The van der Waals surface area contributed by atoms with E-state index in [0.29, 0.717) is 11.1 Å². The molecule has 0 saturated heterocycles. The Hall–Kier alpha value is -7.66. The van der Waals surface area contributed by atoms with Crippen LogP contribution in [0.2, 0.25) is 0 Å². The summed E-state index contributed by atoms with van der Waals surface area (Å²) >= 11 is 0. The first-order chi connectivity index (χ1) is 26.7. The maximum atomic E-state index is 10.7. The smallest absolute Gasteiger partial charge is 0.135 e. The van der Waals surface area contributed by atoms with Crippen LogP contribution in [-0.4, -0.2) is 0 Å². The predicted octanol–water partition coefficient (Wildman–Crippen LogP) is 13.5. The molecule has 0 saturated carbocycles. The van der Waals surface area contributed by atoms with Crippen LogP contribution >= 0.6 is 0 Å². The molecule has 12 rings (SSSR count). The fraction of sp³-hybridized carbons (Fsp3) is 0. The second kappa shape index (κ2) is 10.5. The van der Waals surface area contributed by atoms with Crippen LogP contribution in [-0.2, 0) is 0 Å². The number of benzene rings is 10. The van der Waals surface area contributed by atoms with Crippen molar-refractivity contribution < 1.29 is 9.47 Å². The van der Waals surface area contributed by atoms with Gasteiger partial charge >= 0.3 is 0 Å². The molecule has 0 fully saturated rings. The SMILES string of the molecule is N#Cc1cc(-c2ccc3c4c(cccc24)-c2ccccc2O3)c2ccc3c(C#N)cc(-c4ccc5c6c(cccc46)-c4ccccc4O5)c4ccc1c2c34. The lowest BCUT2D eigenvalue weighted by atomic mass is 9.82. The second-order valence-corrected chi connectivity index (χ2v) is 14.1. The van der Waals surface area contributed by atoms with E-state index in [9.17, 15) is 10.5 Å². The highest BCUT2D eigenvalue weighted by Gasteiger charge is 2.26. The molecular formula is C50H24N2O2. The van der Waals surface area contributed by atoms with Gasteiger partial charge in [0, 0.05) is 32.7 Å². The van der Waals surface area contributed by atoms with E-state index in [-0.39, 0.29) is 0 Å². The molecule has 4 heteroatoms. The summed E-state index contributed by atoms with van der Waals surface area (Å²) < 4.78 is 12.9. The Bertz CT molecular complexity index is 3190. The Kier molecular flexibility index (Phi) is 5.61. The molecule has 0 aliphatic carbocycles. The monoisotopic (exact) mass is 684 g/mol. The lowest BCUT2D eigenvalue weighted by Gasteiger charge is -2.24. The van der Waals surface area contributed by atoms with Gasteiger partial charge < -0.3 is 9.47 Å². The summed E-state index contributed by atoms with van der Waals surface area (Å²) in [5.41, 5.74) is 9.56. The van der Waals surface area contributed by atoms with E-state index >= 15 is 0 Å². The molecule has 2 heterocycles. The van der Waals surface area contributed by atoms with E-state index in [1.807, 2.05) is 60.7 Å². The van der Waals surface area contributed by atoms with Gasteiger partial charge in [0.05, 0.1) is 23.3 Å². The predicted molar refractivity (Wildman–Crippen MR) is 216 cm³/mol. The van der Waals surface area contributed by atoms with E-state index in [0.717, 1.165) is 121 Å². The van der Waals surface area contributed by atoms with Crippen LogP contribution in [0.4, 0.5) is 0 Å². The van der Waals surface area contributed by atoms with Crippen molar-refractivity contribution in [1.29, 1.82) is 10.5 Å². The number of hydrogen-bond acceptors (Lipinski definition) is 4.